The standard InChI is InChI=1S/C13H23N3O4S/c1-3-19-8-9-20-12-4-6-16(7-5-12)21(17,18)13-10-14-15-11(13)2/h10,12H,3-9H2,1-2H3,(H,14,15). The maximum absolute atomic E-state index is 12.5. The third-order valence-electron chi connectivity index (χ3n) is 3.59. The summed E-state index contributed by atoms with van der Waals surface area (Å²) in [5.41, 5.74) is 0.574. The number of aryl methyl sites for hydroxylation is 1. The number of ether oxygens (including phenoxy) is 2. The summed E-state index contributed by atoms with van der Waals surface area (Å²) >= 11 is 0. The fourth-order valence-electron chi connectivity index (χ4n) is 2.40. The third kappa shape index (κ3) is 4.03. The van der Waals surface area contributed by atoms with E-state index in [-0.39, 0.29) is 11.0 Å². The molecule has 0 atom stereocenters. The summed E-state index contributed by atoms with van der Waals surface area (Å²) in [6.07, 6.45) is 2.90. The Morgan fingerprint density at radius 1 is 1.38 bits per heavy atom. The minimum Gasteiger partial charge on any atom is -0.379 e. The zero-order chi connectivity index (χ0) is 15.3. The Kier molecular flexibility index (Phi) is 5.74. The lowest BCUT2D eigenvalue weighted by molar-refractivity contribution is -0.0121. The smallest absolute Gasteiger partial charge is 0.246 e. The molecule has 1 aliphatic rings. The van der Waals surface area contributed by atoms with Crippen LogP contribution >= 0.6 is 0 Å². The number of aromatic amines is 1. The van der Waals surface area contributed by atoms with Crippen LogP contribution in [0.1, 0.15) is 25.5 Å². The van der Waals surface area contributed by atoms with Gasteiger partial charge >= 0.3 is 0 Å². The summed E-state index contributed by atoms with van der Waals surface area (Å²) in [4.78, 5) is 0.262. The van der Waals surface area contributed by atoms with Crippen molar-refractivity contribution in [3.05, 3.63) is 11.9 Å². The van der Waals surface area contributed by atoms with Gasteiger partial charge in [0.1, 0.15) is 4.90 Å². The van der Waals surface area contributed by atoms with Gasteiger partial charge in [0.25, 0.3) is 0 Å². The van der Waals surface area contributed by atoms with Crippen molar-refractivity contribution >= 4 is 10.0 Å². The molecule has 1 N–H and O–H groups in total. The number of aromatic nitrogens is 2. The normalized spacial score (nSPS) is 18.2. The molecule has 120 valence electrons. The van der Waals surface area contributed by atoms with E-state index in [1.165, 1.54) is 10.5 Å². The SMILES string of the molecule is CCOCCOC1CCN(S(=O)(=O)c2cn[nH]c2C)CC1. The van der Waals surface area contributed by atoms with Gasteiger partial charge in [0.05, 0.1) is 31.2 Å². The molecule has 1 saturated heterocycles. The lowest BCUT2D eigenvalue weighted by Crippen LogP contribution is -2.41. The average Bonchev–Trinajstić information content (AvgIpc) is 2.91. The van der Waals surface area contributed by atoms with Crippen molar-refractivity contribution in [1.29, 1.82) is 0 Å². The van der Waals surface area contributed by atoms with Crippen molar-refractivity contribution in [3.8, 4) is 0 Å². The molecule has 0 bridgehead atoms. The van der Waals surface area contributed by atoms with Crippen LogP contribution < -0.4 is 0 Å². The van der Waals surface area contributed by atoms with E-state index in [0.717, 1.165) is 0 Å². The summed E-state index contributed by atoms with van der Waals surface area (Å²) in [6, 6.07) is 0. The van der Waals surface area contributed by atoms with Crippen molar-refractivity contribution in [1.82, 2.24) is 14.5 Å². The Morgan fingerprint density at radius 3 is 2.67 bits per heavy atom. The second-order valence-electron chi connectivity index (χ2n) is 5.03. The van der Waals surface area contributed by atoms with Crippen LogP contribution in [0.4, 0.5) is 0 Å². The molecule has 8 heteroatoms. The van der Waals surface area contributed by atoms with Gasteiger partial charge in [0.15, 0.2) is 0 Å². The number of nitrogens with zero attached hydrogens (tertiary/aromatic N) is 2. The van der Waals surface area contributed by atoms with Gasteiger partial charge in [-0.3, -0.25) is 5.10 Å². The summed E-state index contributed by atoms with van der Waals surface area (Å²) in [5, 5.41) is 6.45. The van der Waals surface area contributed by atoms with Crippen molar-refractivity contribution in [2.75, 3.05) is 32.9 Å². The number of H-pyrrole nitrogens is 1. The summed E-state index contributed by atoms with van der Waals surface area (Å²) < 4.78 is 37.4. The third-order valence-corrected chi connectivity index (χ3v) is 5.60. The number of nitrogens with one attached hydrogen (secondary N) is 1. The molecule has 1 aliphatic heterocycles. The maximum Gasteiger partial charge on any atom is 0.246 e. The molecule has 1 fully saturated rings. The van der Waals surface area contributed by atoms with E-state index >= 15 is 0 Å². The molecule has 2 heterocycles. The molecule has 2 rings (SSSR count). The first-order valence-corrected chi connectivity index (χ1v) is 8.69. The highest BCUT2D eigenvalue weighted by molar-refractivity contribution is 7.89. The van der Waals surface area contributed by atoms with E-state index < -0.39 is 10.0 Å². The largest absolute Gasteiger partial charge is 0.379 e. The maximum atomic E-state index is 12.5. The van der Waals surface area contributed by atoms with Gasteiger partial charge in [-0.05, 0) is 26.7 Å². The fraction of sp³-hybridized carbons (Fsp3) is 0.769. The fourth-order valence-corrected chi connectivity index (χ4v) is 3.98. The summed E-state index contributed by atoms with van der Waals surface area (Å²) in [6.45, 7) is 6.45. The average molecular weight is 317 g/mol. The lowest BCUT2D eigenvalue weighted by atomic mass is 10.1. The quantitative estimate of drug-likeness (QED) is 0.756. The Morgan fingerprint density at radius 2 is 2.10 bits per heavy atom. The molecule has 1 aromatic heterocycles. The Balaban J connectivity index is 1.85. The molecule has 0 aromatic carbocycles. The number of sulfonamides is 1. The van der Waals surface area contributed by atoms with Crippen molar-refractivity contribution in [3.63, 3.8) is 0 Å². The van der Waals surface area contributed by atoms with Crippen LogP contribution in [-0.2, 0) is 19.5 Å². The number of hydrogen-bond donors (Lipinski definition) is 1. The first-order valence-electron chi connectivity index (χ1n) is 7.25. The predicted octanol–water partition coefficient (Wildman–Crippen LogP) is 0.924. The zero-order valence-corrected chi connectivity index (χ0v) is 13.4. The second-order valence-corrected chi connectivity index (χ2v) is 6.94. The highest BCUT2D eigenvalue weighted by Crippen LogP contribution is 2.23. The summed E-state index contributed by atoms with van der Waals surface area (Å²) in [5.74, 6) is 0. The van der Waals surface area contributed by atoms with Crippen LogP contribution in [-0.4, -0.2) is 61.9 Å². The molecule has 7 nitrogen and oxygen atoms in total. The highest BCUT2D eigenvalue weighted by atomic mass is 32.2. The molecule has 0 spiro atoms. The second kappa shape index (κ2) is 7.35. The van der Waals surface area contributed by atoms with Gasteiger partial charge in [0.2, 0.25) is 10.0 Å². The van der Waals surface area contributed by atoms with E-state index in [0.29, 0.717) is 51.4 Å². The predicted molar refractivity (Wildman–Crippen MR) is 77.6 cm³/mol. The molecule has 0 unspecified atom stereocenters. The highest BCUT2D eigenvalue weighted by Gasteiger charge is 2.31. The minimum atomic E-state index is -3.44. The van der Waals surface area contributed by atoms with Crippen LogP contribution in [0.2, 0.25) is 0 Å². The Labute approximate surface area is 125 Å². The molecule has 1 aromatic rings. The van der Waals surface area contributed by atoms with Crippen LogP contribution in [0.15, 0.2) is 11.1 Å². The molecule has 21 heavy (non-hydrogen) atoms. The minimum absolute atomic E-state index is 0.113. The first-order chi connectivity index (χ1) is 10.1. The van der Waals surface area contributed by atoms with Gasteiger partial charge in [0, 0.05) is 19.7 Å². The van der Waals surface area contributed by atoms with Gasteiger partial charge in [-0.25, -0.2) is 8.42 Å². The number of rotatable bonds is 7. The molecule has 0 radical (unpaired) electrons. The van der Waals surface area contributed by atoms with Gasteiger partial charge in [-0.1, -0.05) is 0 Å². The topological polar surface area (TPSA) is 84.5 Å². The van der Waals surface area contributed by atoms with Crippen LogP contribution in [0.3, 0.4) is 0 Å². The van der Waals surface area contributed by atoms with Gasteiger partial charge in [-0.15, -0.1) is 0 Å². The molecular weight excluding hydrogens is 294 g/mol. The Hall–Kier alpha value is -0.960. The van der Waals surface area contributed by atoms with Crippen LogP contribution in [0.5, 0.6) is 0 Å². The lowest BCUT2D eigenvalue weighted by Gasteiger charge is -2.31. The van der Waals surface area contributed by atoms with E-state index in [4.69, 9.17) is 9.47 Å². The first kappa shape index (κ1) is 16.4. The van der Waals surface area contributed by atoms with Crippen LogP contribution in [0, 0.1) is 6.92 Å². The monoisotopic (exact) mass is 317 g/mol. The van der Waals surface area contributed by atoms with Crippen molar-refractivity contribution in [2.24, 2.45) is 0 Å². The van der Waals surface area contributed by atoms with Gasteiger partial charge < -0.3 is 9.47 Å². The van der Waals surface area contributed by atoms with Crippen LogP contribution in [0.25, 0.3) is 0 Å². The summed E-state index contributed by atoms with van der Waals surface area (Å²) in [7, 11) is -3.44. The zero-order valence-electron chi connectivity index (χ0n) is 12.5. The van der Waals surface area contributed by atoms with Crippen molar-refractivity contribution < 1.29 is 17.9 Å². The molecule has 0 amide bonds. The van der Waals surface area contributed by atoms with E-state index in [1.807, 2.05) is 6.92 Å². The van der Waals surface area contributed by atoms with Gasteiger partial charge in [-0.2, -0.15) is 9.40 Å². The van der Waals surface area contributed by atoms with E-state index in [9.17, 15) is 8.42 Å². The van der Waals surface area contributed by atoms with E-state index in [2.05, 4.69) is 10.2 Å². The number of hydrogen-bond acceptors (Lipinski definition) is 5. The Bertz CT molecular complexity index is 535. The molecular formula is C13H23N3O4S. The number of piperidine rings is 1. The van der Waals surface area contributed by atoms with Crippen molar-refractivity contribution in [2.45, 2.75) is 37.7 Å². The molecule has 0 aliphatic carbocycles. The molecule has 0 saturated carbocycles. The van der Waals surface area contributed by atoms with E-state index in [1.54, 1.807) is 6.92 Å².